The molecule has 0 aromatic heterocycles. The van der Waals surface area contributed by atoms with Gasteiger partial charge in [0.15, 0.2) is 0 Å². The zero-order chi connectivity index (χ0) is 9.68. The molecule has 0 heterocycles. The molecule has 1 aromatic carbocycles. The highest BCUT2D eigenvalue weighted by molar-refractivity contribution is 9.10. The van der Waals surface area contributed by atoms with Crippen LogP contribution in [0.2, 0.25) is 0 Å². The number of rotatable bonds is 4. The second-order valence-corrected chi connectivity index (χ2v) is 3.79. The highest BCUT2D eigenvalue weighted by atomic mass is 79.9. The Bertz CT molecular complexity index is 265. The van der Waals surface area contributed by atoms with Gasteiger partial charge in [-0.1, -0.05) is 12.1 Å². The van der Waals surface area contributed by atoms with Gasteiger partial charge in [0.2, 0.25) is 0 Å². The average Bonchev–Trinajstić information content (AvgIpc) is 2.09. The monoisotopic (exact) mass is 243 g/mol. The molecule has 1 aromatic rings. The van der Waals surface area contributed by atoms with Gasteiger partial charge in [-0.05, 0) is 48.0 Å². The molecule has 3 heteroatoms. The fraction of sp³-hybridized carbons (Fsp3) is 0.400. The fourth-order valence-electron chi connectivity index (χ4n) is 1.05. The van der Waals surface area contributed by atoms with E-state index in [2.05, 4.69) is 15.9 Å². The van der Waals surface area contributed by atoms with Gasteiger partial charge in [0.25, 0.3) is 0 Å². The van der Waals surface area contributed by atoms with Crippen LogP contribution in [0.4, 0.5) is 0 Å². The molecule has 0 bridgehead atoms. The molecule has 0 saturated heterocycles. The van der Waals surface area contributed by atoms with E-state index < -0.39 is 0 Å². The lowest BCUT2D eigenvalue weighted by Crippen LogP contribution is -2.16. The standard InChI is InChI=1S/C10H14BrNO/c1-8(6-7-12)13-10-5-3-2-4-9(10)11/h2-5,8H,6-7,12H2,1H3. The summed E-state index contributed by atoms with van der Waals surface area (Å²) in [5.41, 5.74) is 5.43. The lowest BCUT2D eigenvalue weighted by molar-refractivity contribution is 0.212. The second kappa shape index (κ2) is 5.25. The van der Waals surface area contributed by atoms with E-state index in [0.29, 0.717) is 6.54 Å². The maximum atomic E-state index is 5.66. The molecule has 0 saturated carbocycles. The third-order valence-corrected chi connectivity index (χ3v) is 2.39. The van der Waals surface area contributed by atoms with Crippen LogP contribution in [0.5, 0.6) is 5.75 Å². The van der Waals surface area contributed by atoms with Crippen molar-refractivity contribution >= 4 is 15.9 Å². The van der Waals surface area contributed by atoms with Crippen molar-refractivity contribution in [2.75, 3.05) is 6.54 Å². The van der Waals surface area contributed by atoms with Crippen LogP contribution in [-0.4, -0.2) is 12.6 Å². The first-order valence-electron chi connectivity index (χ1n) is 4.35. The van der Waals surface area contributed by atoms with E-state index >= 15 is 0 Å². The second-order valence-electron chi connectivity index (χ2n) is 2.94. The van der Waals surface area contributed by atoms with Crippen molar-refractivity contribution in [2.24, 2.45) is 5.73 Å². The number of benzene rings is 1. The number of nitrogens with two attached hydrogens (primary N) is 1. The minimum absolute atomic E-state index is 0.170. The molecule has 0 fully saturated rings. The summed E-state index contributed by atoms with van der Waals surface area (Å²) in [4.78, 5) is 0. The summed E-state index contributed by atoms with van der Waals surface area (Å²) in [7, 11) is 0. The Kier molecular flexibility index (Phi) is 4.25. The summed E-state index contributed by atoms with van der Waals surface area (Å²) >= 11 is 3.42. The number of halogens is 1. The molecular weight excluding hydrogens is 230 g/mol. The smallest absolute Gasteiger partial charge is 0.133 e. The predicted molar refractivity (Wildman–Crippen MR) is 57.9 cm³/mol. The third kappa shape index (κ3) is 3.36. The van der Waals surface area contributed by atoms with Crippen molar-refractivity contribution in [2.45, 2.75) is 19.4 Å². The van der Waals surface area contributed by atoms with Crippen LogP contribution >= 0.6 is 15.9 Å². The van der Waals surface area contributed by atoms with Crippen molar-refractivity contribution in [1.82, 2.24) is 0 Å². The van der Waals surface area contributed by atoms with Gasteiger partial charge < -0.3 is 10.5 Å². The summed E-state index contributed by atoms with van der Waals surface area (Å²) < 4.78 is 6.64. The van der Waals surface area contributed by atoms with E-state index in [1.165, 1.54) is 0 Å². The van der Waals surface area contributed by atoms with Crippen molar-refractivity contribution < 1.29 is 4.74 Å². The van der Waals surface area contributed by atoms with Gasteiger partial charge in [0, 0.05) is 0 Å². The van der Waals surface area contributed by atoms with Crippen molar-refractivity contribution in [1.29, 1.82) is 0 Å². The van der Waals surface area contributed by atoms with Gasteiger partial charge in [-0.15, -0.1) is 0 Å². The molecule has 1 atom stereocenters. The van der Waals surface area contributed by atoms with E-state index in [0.717, 1.165) is 16.6 Å². The van der Waals surface area contributed by atoms with Crippen LogP contribution in [0, 0.1) is 0 Å². The van der Waals surface area contributed by atoms with Crippen LogP contribution in [0.15, 0.2) is 28.7 Å². The van der Waals surface area contributed by atoms with Crippen LogP contribution in [0.3, 0.4) is 0 Å². The first-order chi connectivity index (χ1) is 6.24. The zero-order valence-corrected chi connectivity index (χ0v) is 9.25. The van der Waals surface area contributed by atoms with Crippen molar-refractivity contribution in [3.8, 4) is 5.75 Å². The van der Waals surface area contributed by atoms with E-state index in [9.17, 15) is 0 Å². The highest BCUT2D eigenvalue weighted by Gasteiger charge is 2.04. The largest absolute Gasteiger partial charge is 0.489 e. The van der Waals surface area contributed by atoms with Crippen LogP contribution < -0.4 is 10.5 Å². The summed E-state index contributed by atoms with van der Waals surface area (Å²) in [6, 6.07) is 7.82. The zero-order valence-electron chi connectivity index (χ0n) is 7.66. The van der Waals surface area contributed by atoms with E-state index in [1.807, 2.05) is 31.2 Å². The molecule has 13 heavy (non-hydrogen) atoms. The molecule has 0 spiro atoms. The maximum Gasteiger partial charge on any atom is 0.133 e. The molecule has 1 unspecified atom stereocenters. The van der Waals surface area contributed by atoms with Gasteiger partial charge in [0.05, 0.1) is 10.6 Å². The quantitative estimate of drug-likeness (QED) is 0.883. The molecule has 72 valence electrons. The van der Waals surface area contributed by atoms with Gasteiger partial charge in [-0.3, -0.25) is 0 Å². The molecular formula is C10H14BrNO. The average molecular weight is 244 g/mol. The van der Waals surface area contributed by atoms with Crippen LogP contribution in [0.1, 0.15) is 13.3 Å². The van der Waals surface area contributed by atoms with E-state index in [1.54, 1.807) is 0 Å². The van der Waals surface area contributed by atoms with Gasteiger partial charge in [0.1, 0.15) is 5.75 Å². The van der Waals surface area contributed by atoms with Gasteiger partial charge >= 0.3 is 0 Å². The Morgan fingerprint density at radius 3 is 2.77 bits per heavy atom. The van der Waals surface area contributed by atoms with Crippen LogP contribution in [-0.2, 0) is 0 Å². The Labute approximate surface area is 87.2 Å². The number of ether oxygens (including phenoxy) is 1. The van der Waals surface area contributed by atoms with E-state index in [4.69, 9.17) is 10.5 Å². The number of hydrogen-bond acceptors (Lipinski definition) is 2. The number of para-hydroxylation sites is 1. The molecule has 0 amide bonds. The first kappa shape index (κ1) is 10.5. The summed E-state index contributed by atoms with van der Waals surface area (Å²) in [5.74, 6) is 0.878. The molecule has 2 nitrogen and oxygen atoms in total. The third-order valence-electron chi connectivity index (χ3n) is 1.74. The Morgan fingerprint density at radius 1 is 1.46 bits per heavy atom. The molecule has 0 aliphatic rings. The minimum Gasteiger partial charge on any atom is -0.489 e. The van der Waals surface area contributed by atoms with Gasteiger partial charge in [-0.25, -0.2) is 0 Å². The summed E-state index contributed by atoms with van der Waals surface area (Å²) in [5, 5.41) is 0. The maximum absolute atomic E-state index is 5.66. The highest BCUT2D eigenvalue weighted by Crippen LogP contribution is 2.25. The number of hydrogen-bond donors (Lipinski definition) is 1. The van der Waals surface area contributed by atoms with Crippen LogP contribution in [0.25, 0.3) is 0 Å². The van der Waals surface area contributed by atoms with Crippen molar-refractivity contribution in [3.05, 3.63) is 28.7 Å². The minimum atomic E-state index is 0.170. The topological polar surface area (TPSA) is 35.2 Å². The summed E-state index contributed by atoms with van der Waals surface area (Å²) in [6.07, 6.45) is 1.05. The Hall–Kier alpha value is -0.540. The Morgan fingerprint density at radius 2 is 2.15 bits per heavy atom. The summed E-state index contributed by atoms with van der Waals surface area (Å²) in [6.45, 7) is 2.68. The molecule has 0 aliphatic heterocycles. The first-order valence-corrected chi connectivity index (χ1v) is 5.14. The van der Waals surface area contributed by atoms with E-state index in [-0.39, 0.29) is 6.10 Å². The Balaban J connectivity index is 2.58. The fourth-order valence-corrected chi connectivity index (χ4v) is 1.43. The molecule has 0 radical (unpaired) electrons. The molecule has 2 N–H and O–H groups in total. The lowest BCUT2D eigenvalue weighted by Gasteiger charge is -2.14. The SMILES string of the molecule is CC(CCN)Oc1ccccc1Br. The predicted octanol–water partition coefficient (Wildman–Crippen LogP) is 2.57. The van der Waals surface area contributed by atoms with Gasteiger partial charge in [-0.2, -0.15) is 0 Å². The lowest BCUT2D eigenvalue weighted by atomic mass is 10.3. The normalized spacial score (nSPS) is 12.5. The molecule has 0 aliphatic carbocycles. The molecule has 1 rings (SSSR count). The van der Waals surface area contributed by atoms with Crippen molar-refractivity contribution in [3.63, 3.8) is 0 Å².